The van der Waals surface area contributed by atoms with Gasteiger partial charge in [-0.3, -0.25) is 13.9 Å². The van der Waals surface area contributed by atoms with E-state index in [4.69, 9.17) is 5.11 Å². The molecule has 1 heterocycles. The first-order chi connectivity index (χ1) is 11.1. The molecule has 0 spiro atoms. The summed E-state index contributed by atoms with van der Waals surface area (Å²) in [5, 5.41) is 8.58. The first-order valence-electron chi connectivity index (χ1n) is 7.73. The number of nitrogens with zero attached hydrogens (tertiary/aromatic N) is 1. The summed E-state index contributed by atoms with van der Waals surface area (Å²) in [7, 11) is 2.99. The second-order valence-electron chi connectivity index (χ2n) is 5.54. The third-order valence-corrected chi connectivity index (χ3v) is 5.91. The van der Waals surface area contributed by atoms with Crippen molar-refractivity contribution in [3.05, 3.63) is 40.3 Å². The molecule has 1 aromatic carbocycles. The van der Waals surface area contributed by atoms with E-state index in [0.29, 0.717) is 6.42 Å². The number of hydrogen-bond acceptors (Lipinski definition) is 4. The van der Waals surface area contributed by atoms with E-state index >= 15 is 0 Å². The van der Waals surface area contributed by atoms with E-state index in [0.717, 1.165) is 36.3 Å². The average Bonchev–Trinajstić information content (AvgIpc) is 2.86. The van der Waals surface area contributed by atoms with E-state index in [1.54, 1.807) is 4.31 Å². The van der Waals surface area contributed by atoms with Crippen molar-refractivity contribution < 1.29 is 14.7 Å². The summed E-state index contributed by atoms with van der Waals surface area (Å²) in [6.07, 6.45) is 5.65. The molecule has 124 valence electrons. The number of aryl methyl sites for hydroxylation is 1. The van der Waals surface area contributed by atoms with E-state index in [9.17, 15) is 9.59 Å². The monoisotopic (exact) mass is 351 g/mol. The zero-order chi connectivity index (χ0) is 16.7. The molecule has 1 amide bonds. The molecule has 1 N–H and O–H groups in total. The van der Waals surface area contributed by atoms with Gasteiger partial charge < -0.3 is 5.11 Å². The second-order valence-corrected chi connectivity index (χ2v) is 7.69. The van der Waals surface area contributed by atoms with Crippen LogP contribution in [0, 0.1) is 6.92 Å². The van der Waals surface area contributed by atoms with Crippen LogP contribution in [0.2, 0.25) is 0 Å². The number of benzene rings is 1. The Hall–Kier alpha value is -1.40. The molecule has 0 radical (unpaired) electrons. The Labute approximate surface area is 144 Å². The maximum Gasteiger partial charge on any atom is 0.303 e. The molecule has 0 atom stereocenters. The molecule has 1 aliphatic heterocycles. The lowest BCUT2D eigenvalue weighted by Crippen LogP contribution is -2.20. The minimum atomic E-state index is -0.738. The molecule has 1 saturated heterocycles. The number of carboxylic acid groups (broad SMARTS) is 1. The standard InChI is InChI=1S/C17H21NO3S2/c1-13-7-9-14(10-8-13)12-15-17(21)18(23-22-15)11-5-3-2-4-6-16(19)20/h7-10,12H,2-6,11H2,1H3,(H,19,20)/b15-12-. The summed E-state index contributed by atoms with van der Waals surface area (Å²) in [5.74, 6) is -0.663. The van der Waals surface area contributed by atoms with E-state index in [2.05, 4.69) is 0 Å². The molecule has 0 bridgehead atoms. The van der Waals surface area contributed by atoms with E-state index in [-0.39, 0.29) is 12.3 Å². The first-order valence-corrected chi connectivity index (χ1v) is 9.83. The summed E-state index contributed by atoms with van der Waals surface area (Å²) in [5.41, 5.74) is 2.25. The van der Waals surface area contributed by atoms with Crippen LogP contribution in [-0.4, -0.2) is 27.8 Å². The molecular weight excluding hydrogens is 330 g/mol. The highest BCUT2D eigenvalue weighted by atomic mass is 33.1. The normalized spacial score (nSPS) is 16.3. The van der Waals surface area contributed by atoms with E-state index < -0.39 is 5.97 Å². The smallest absolute Gasteiger partial charge is 0.303 e. The van der Waals surface area contributed by atoms with Gasteiger partial charge in [0.25, 0.3) is 5.91 Å². The molecule has 23 heavy (non-hydrogen) atoms. The van der Waals surface area contributed by atoms with Gasteiger partial charge in [0.05, 0.1) is 4.91 Å². The maximum atomic E-state index is 12.3. The average molecular weight is 351 g/mol. The fourth-order valence-electron chi connectivity index (χ4n) is 2.20. The predicted octanol–water partition coefficient (Wildman–Crippen LogP) is 4.51. The molecular formula is C17H21NO3S2. The van der Waals surface area contributed by atoms with Crippen molar-refractivity contribution in [1.29, 1.82) is 0 Å². The van der Waals surface area contributed by atoms with Gasteiger partial charge in [0.15, 0.2) is 0 Å². The Morgan fingerprint density at radius 3 is 2.57 bits per heavy atom. The molecule has 6 heteroatoms. The summed E-state index contributed by atoms with van der Waals surface area (Å²) < 4.78 is 1.79. The Morgan fingerprint density at radius 2 is 1.87 bits per heavy atom. The molecule has 2 rings (SSSR count). The number of carboxylic acids is 1. The van der Waals surface area contributed by atoms with Gasteiger partial charge >= 0.3 is 5.97 Å². The molecule has 1 fully saturated rings. The van der Waals surface area contributed by atoms with Gasteiger partial charge in [-0.15, -0.1) is 0 Å². The number of carbonyl (C=O) groups excluding carboxylic acids is 1. The number of aliphatic carboxylic acids is 1. The van der Waals surface area contributed by atoms with Crippen molar-refractivity contribution >= 4 is 39.7 Å². The van der Waals surface area contributed by atoms with Gasteiger partial charge in [-0.1, -0.05) is 42.7 Å². The Balaban J connectivity index is 1.75. The molecule has 0 saturated carbocycles. The Kier molecular flexibility index (Phi) is 7.05. The van der Waals surface area contributed by atoms with Crippen LogP contribution in [0.4, 0.5) is 0 Å². The van der Waals surface area contributed by atoms with Crippen molar-refractivity contribution in [2.24, 2.45) is 0 Å². The number of carbonyl (C=O) groups is 2. The Bertz CT molecular complexity index is 584. The largest absolute Gasteiger partial charge is 0.481 e. The van der Waals surface area contributed by atoms with Crippen molar-refractivity contribution in [3.8, 4) is 0 Å². The van der Waals surface area contributed by atoms with Gasteiger partial charge in [-0.2, -0.15) is 0 Å². The van der Waals surface area contributed by atoms with Crippen LogP contribution in [0.3, 0.4) is 0 Å². The number of unbranched alkanes of at least 4 members (excludes halogenated alkanes) is 3. The van der Waals surface area contributed by atoms with Crippen LogP contribution in [0.5, 0.6) is 0 Å². The third-order valence-electron chi connectivity index (χ3n) is 3.53. The topological polar surface area (TPSA) is 57.6 Å². The molecule has 0 aliphatic carbocycles. The molecule has 1 aliphatic rings. The van der Waals surface area contributed by atoms with Crippen molar-refractivity contribution in [3.63, 3.8) is 0 Å². The highest BCUT2D eigenvalue weighted by molar-refractivity contribution is 8.78. The maximum absolute atomic E-state index is 12.3. The molecule has 4 nitrogen and oxygen atoms in total. The van der Waals surface area contributed by atoms with Crippen molar-refractivity contribution in [2.75, 3.05) is 6.54 Å². The SMILES string of the molecule is Cc1ccc(/C=C2\SSN(CCCCCCC(=O)O)C2=O)cc1. The van der Waals surface area contributed by atoms with Crippen molar-refractivity contribution in [1.82, 2.24) is 4.31 Å². The summed E-state index contributed by atoms with van der Waals surface area (Å²) in [6, 6.07) is 8.12. The number of amides is 1. The quantitative estimate of drug-likeness (QED) is 0.323. The third kappa shape index (κ3) is 5.95. The minimum absolute atomic E-state index is 0.0751. The van der Waals surface area contributed by atoms with E-state index in [1.165, 1.54) is 27.3 Å². The fourth-order valence-corrected chi connectivity index (χ4v) is 4.46. The molecule has 1 aromatic rings. The number of hydrogen-bond donors (Lipinski definition) is 1. The summed E-state index contributed by atoms with van der Waals surface area (Å²) in [4.78, 5) is 23.5. The lowest BCUT2D eigenvalue weighted by Gasteiger charge is -2.11. The van der Waals surface area contributed by atoms with Crippen LogP contribution >= 0.6 is 21.8 Å². The first kappa shape index (κ1) is 17.9. The van der Waals surface area contributed by atoms with Gasteiger partial charge in [-0.25, -0.2) is 0 Å². The van der Waals surface area contributed by atoms with Crippen LogP contribution in [0.25, 0.3) is 6.08 Å². The summed E-state index contributed by atoms with van der Waals surface area (Å²) >= 11 is 0. The van der Waals surface area contributed by atoms with Gasteiger partial charge in [0.2, 0.25) is 0 Å². The molecule has 0 aromatic heterocycles. The van der Waals surface area contributed by atoms with Crippen LogP contribution < -0.4 is 0 Å². The lowest BCUT2D eigenvalue weighted by atomic mass is 10.1. The zero-order valence-corrected chi connectivity index (χ0v) is 14.8. The van der Waals surface area contributed by atoms with Crippen LogP contribution in [-0.2, 0) is 9.59 Å². The highest BCUT2D eigenvalue weighted by Gasteiger charge is 2.27. The lowest BCUT2D eigenvalue weighted by molar-refractivity contribution is -0.137. The van der Waals surface area contributed by atoms with Gasteiger partial charge in [0, 0.05) is 23.9 Å². The van der Waals surface area contributed by atoms with Crippen LogP contribution in [0.15, 0.2) is 29.2 Å². The van der Waals surface area contributed by atoms with Crippen LogP contribution in [0.1, 0.15) is 43.2 Å². The fraction of sp³-hybridized carbons (Fsp3) is 0.412. The van der Waals surface area contributed by atoms with E-state index in [1.807, 2.05) is 37.3 Å². The zero-order valence-electron chi connectivity index (χ0n) is 13.2. The second kappa shape index (κ2) is 9.03. The molecule has 0 unspecified atom stereocenters. The van der Waals surface area contributed by atoms with Gasteiger partial charge in [-0.05, 0) is 42.2 Å². The highest BCUT2D eigenvalue weighted by Crippen LogP contribution is 2.43. The summed E-state index contributed by atoms with van der Waals surface area (Å²) in [6.45, 7) is 2.76. The Morgan fingerprint density at radius 1 is 1.17 bits per heavy atom. The number of rotatable bonds is 8. The van der Waals surface area contributed by atoms with Crippen molar-refractivity contribution in [2.45, 2.75) is 39.0 Å². The minimum Gasteiger partial charge on any atom is -0.481 e. The van der Waals surface area contributed by atoms with Gasteiger partial charge in [0.1, 0.15) is 0 Å². The predicted molar refractivity (Wildman–Crippen MR) is 96.8 cm³/mol.